The second-order valence-electron chi connectivity index (χ2n) is 7.01. The third-order valence-corrected chi connectivity index (χ3v) is 5.82. The van der Waals surface area contributed by atoms with Crippen LogP contribution in [-0.4, -0.2) is 50.4 Å². The van der Waals surface area contributed by atoms with Gasteiger partial charge in [0.25, 0.3) is 0 Å². The Morgan fingerprint density at radius 3 is 2.97 bits per heavy atom. The van der Waals surface area contributed by atoms with Crippen LogP contribution in [0, 0.1) is 0 Å². The van der Waals surface area contributed by atoms with Crippen molar-refractivity contribution in [2.24, 2.45) is 0 Å². The highest BCUT2D eigenvalue weighted by Gasteiger charge is 2.22. The van der Waals surface area contributed by atoms with Crippen molar-refractivity contribution < 1.29 is 23.7 Å². The van der Waals surface area contributed by atoms with E-state index in [1.165, 1.54) is 0 Å². The molecule has 2 aromatic rings. The Labute approximate surface area is 174 Å². The van der Waals surface area contributed by atoms with Gasteiger partial charge in [0.2, 0.25) is 11.7 Å². The number of hydrogen-bond donors (Lipinski definition) is 0. The summed E-state index contributed by atoms with van der Waals surface area (Å²) < 4.78 is 22.5. The lowest BCUT2D eigenvalue weighted by molar-refractivity contribution is -0.128. The van der Waals surface area contributed by atoms with Gasteiger partial charge in [0.05, 0.1) is 19.8 Å². The number of benzene rings is 1. The smallest absolute Gasteiger partial charge is 0.246 e. The molecule has 1 saturated heterocycles. The van der Waals surface area contributed by atoms with Crippen molar-refractivity contribution in [1.82, 2.24) is 4.90 Å². The maximum Gasteiger partial charge on any atom is 0.246 e. The highest BCUT2D eigenvalue weighted by atomic mass is 32.1. The van der Waals surface area contributed by atoms with E-state index in [4.69, 9.17) is 18.9 Å². The average molecular weight is 416 g/mol. The first-order valence-corrected chi connectivity index (χ1v) is 10.7. The first kappa shape index (κ1) is 19.8. The monoisotopic (exact) mass is 415 g/mol. The molecule has 0 aliphatic carbocycles. The molecule has 3 heterocycles. The van der Waals surface area contributed by atoms with E-state index < -0.39 is 0 Å². The average Bonchev–Trinajstić information content (AvgIpc) is 3.45. The van der Waals surface area contributed by atoms with Crippen molar-refractivity contribution in [3.63, 3.8) is 0 Å². The maximum absolute atomic E-state index is 13.0. The van der Waals surface area contributed by atoms with Gasteiger partial charge >= 0.3 is 0 Å². The minimum Gasteiger partial charge on any atom is -0.493 e. The third-order valence-electron chi connectivity index (χ3n) is 4.96. The van der Waals surface area contributed by atoms with Gasteiger partial charge in [-0.1, -0.05) is 6.07 Å². The molecule has 1 atom stereocenters. The topological polar surface area (TPSA) is 57.2 Å². The fourth-order valence-corrected chi connectivity index (χ4v) is 4.24. The molecule has 4 rings (SSSR count). The van der Waals surface area contributed by atoms with E-state index in [0.29, 0.717) is 43.6 Å². The molecule has 1 amide bonds. The van der Waals surface area contributed by atoms with E-state index in [9.17, 15) is 4.79 Å². The summed E-state index contributed by atoms with van der Waals surface area (Å²) in [6.07, 6.45) is 5.56. The Kier molecular flexibility index (Phi) is 6.36. The molecule has 7 heteroatoms. The first-order valence-electron chi connectivity index (χ1n) is 9.81. The summed E-state index contributed by atoms with van der Waals surface area (Å²) in [4.78, 5) is 16.0. The van der Waals surface area contributed by atoms with Crippen LogP contribution in [0.1, 0.15) is 23.3 Å². The van der Waals surface area contributed by atoms with Gasteiger partial charge in [0.1, 0.15) is 13.2 Å². The van der Waals surface area contributed by atoms with Gasteiger partial charge in [-0.05, 0) is 48.1 Å². The standard InChI is InChI=1S/C22H25NO5S/c1-25-19-12-16(13-20-22(19)28-10-9-27-20)6-7-21(24)23(14-17-4-2-8-26-17)15-18-5-3-11-29-18/h3,5-7,11-13,17H,2,4,8-10,14-15H2,1H3/b7-6+. The normalized spacial score (nSPS) is 18.2. The summed E-state index contributed by atoms with van der Waals surface area (Å²) in [5.74, 6) is 1.81. The lowest BCUT2D eigenvalue weighted by Crippen LogP contribution is -2.35. The summed E-state index contributed by atoms with van der Waals surface area (Å²) >= 11 is 1.66. The van der Waals surface area contributed by atoms with Crippen LogP contribution in [0.4, 0.5) is 0 Å². The van der Waals surface area contributed by atoms with Crippen LogP contribution >= 0.6 is 11.3 Å². The van der Waals surface area contributed by atoms with Crippen LogP contribution in [0.3, 0.4) is 0 Å². The van der Waals surface area contributed by atoms with E-state index in [1.807, 2.05) is 28.5 Å². The minimum atomic E-state index is -0.0391. The highest BCUT2D eigenvalue weighted by molar-refractivity contribution is 7.09. The molecule has 0 radical (unpaired) electrons. The van der Waals surface area contributed by atoms with Crippen LogP contribution in [0.2, 0.25) is 0 Å². The number of amides is 1. The highest BCUT2D eigenvalue weighted by Crippen LogP contribution is 2.40. The molecule has 1 fully saturated rings. The zero-order valence-corrected chi connectivity index (χ0v) is 17.3. The summed E-state index contributed by atoms with van der Waals surface area (Å²) in [6.45, 7) is 2.96. The zero-order chi connectivity index (χ0) is 20.1. The molecular formula is C22H25NO5S. The second-order valence-corrected chi connectivity index (χ2v) is 8.05. The van der Waals surface area contributed by atoms with Crippen molar-refractivity contribution in [2.75, 3.05) is 33.5 Å². The van der Waals surface area contributed by atoms with Gasteiger partial charge < -0.3 is 23.8 Å². The minimum absolute atomic E-state index is 0.0391. The first-order chi connectivity index (χ1) is 14.2. The molecule has 1 aromatic heterocycles. The lowest BCUT2D eigenvalue weighted by atomic mass is 10.1. The van der Waals surface area contributed by atoms with Crippen molar-refractivity contribution in [1.29, 1.82) is 0 Å². The number of carbonyl (C=O) groups is 1. The van der Waals surface area contributed by atoms with Crippen molar-refractivity contribution >= 4 is 23.3 Å². The van der Waals surface area contributed by atoms with Crippen LogP contribution in [0.15, 0.2) is 35.7 Å². The summed E-state index contributed by atoms with van der Waals surface area (Å²) in [5.41, 5.74) is 0.827. The summed E-state index contributed by atoms with van der Waals surface area (Å²) in [7, 11) is 1.59. The summed E-state index contributed by atoms with van der Waals surface area (Å²) in [5, 5.41) is 2.03. The number of fused-ring (bicyclic) bond motifs is 1. The van der Waals surface area contributed by atoms with Gasteiger partial charge in [0.15, 0.2) is 11.5 Å². The molecule has 29 heavy (non-hydrogen) atoms. The summed E-state index contributed by atoms with van der Waals surface area (Å²) in [6, 6.07) is 7.77. The van der Waals surface area contributed by atoms with Crippen LogP contribution in [0.25, 0.3) is 6.08 Å². The van der Waals surface area contributed by atoms with E-state index in [0.717, 1.165) is 29.9 Å². The number of thiophene rings is 1. The van der Waals surface area contributed by atoms with Gasteiger partial charge in [-0.25, -0.2) is 0 Å². The van der Waals surface area contributed by atoms with Gasteiger partial charge in [-0.15, -0.1) is 11.3 Å². The predicted octanol–water partition coefficient (Wildman–Crippen LogP) is 3.75. The van der Waals surface area contributed by atoms with Gasteiger partial charge in [0, 0.05) is 24.1 Å². The number of hydrogen-bond acceptors (Lipinski definition) is 6. The van der Waals surface area contributed by atoms with Crippen molar-refractivity contribution in [3.8, 4) is 17.2 Å². The Balaban J connectivity index is 1.50. The Hall–Kier alpha value is -2.51. The number of nitrogens with zero attached hydrogens (tertiary/aromatic N) is 1. The van der Waals surface area contributed by atoms with Crippen molar-refractivity contribution in [2.45, 2.75) is 25.5 Å². The largest absolute Gasteiger partial charge is 0.493 e. The zero-order valence-electron chi connectivity index (χ0n) is 16.5. The second kappa shape index (κ2) is 9.33. The molecule has 0 bridgehead atoms. The molecule has 154 valence electrons. The van der Waals surface area contributed by atoms with E-state index >= 15 is 0 Å². The van der Waals surface area contributed by atoms with Crippen LogP contribution < -0.4 is 14.2 Å². The fourth-order valence-electron chi connectivity index (χ4n) is 3.52. The van der Waals surface area contributed by atoms with E-state index in [2.05, 4.69) is 6.07 Å². The predicted molar refractivity (Wildman–Crippen MR) is 112 cm³/mol. The van der Waals surface area contributed by atoms with Crippen molar-refractivity contribution in [3.05, 3.63) is 46.2 Å². The van der Waals surface area contributed by atoms with E-state index in [-0.39, 0.29) is 12.0 Å². The molecule has 1 aromatic carbocycles. The fraction of sp³-hybridized carbons (Fsp3) is 0.409. The molecule has 6 nitrogen and oxygen atoms in total. The Bertz CT molecular complexity index is 841. The Morgan fingerprint density at radius 1 is 1.31 bits per heavy atom. The molecular weight excluding hydrogens is 390 g/mol. The molecule has 0 saturated carbocycles. The molecule has 1 unspecified atom stereocenters. The van der Waals surface area contributed by atoms with E-state index in [1.54, 1.807) is 30.6 Å². The van der Waals surface area contributed by atoms with Crippen LogP contribution in [-0.2, 0) is 16.1 Å². The lowest BCUT2D eigenvalue weighted by Gasteiger charge is -2.24. The third kappa shape index (κ3) is 4.92. The molecule has 2 aliphatic rings. The number of carbonyl (C=O) groups excluding carboxylic acids is 1. The number of methoxy groups -OCH3 is 1. The number of ether oxygens (including phenoxy) is 4. The number of rotatable bonds is 7. The Morgan fingerprint density at radius 2 is 2.21 bits per heavy atom. The quantitative estimate of drug-likeness (QED) is 0.645. The van der Waals surface area contributed by atoms with Crippen LogP contribution in [0.5, 0.6) is 17.2 Å². The van der Waals surface area contributed by atoms with Gasteiger partial charge in [-0.3, -0.25) is 4.79 Å². The molecule has 0 N–H and O–H groups in total. The van der Waals surface area contributed by atoms with Gasteiger partial charge in [-0.2, -0.15) is 0 Å². The maximum atomic E-state index is 13.0. The SMILES string of the molecule is COc1cc(/C=C/C(=O)N(Cc2cccs2)CC2CCCO2)cc2c1OCCO2. The molecule has 2 aliphatic heterocycles. The molecule has 0 spiro atoms.